The van der Waals surface area contributed by atoms with Gasteiger partial charge in [0.25, 0.3) is 0 Å². The third kappa shape index (κ3) is 4.78. The van der Waals surface area contributed by atoms with Gasteiger partial charge in [0.1, 0.15) is 0 Å². The van der Waals surface area contributed by atoms with E-state index in [1.165, 1.54) is 12.1 Å². The Hall–Kier alpha value is -1.87. The molecule has 0 aliphatic heterocycles. The molecule has 16 heteroatoms. The Kier molecular flexibility index (Phi) is 7.67. The molecular formula is C19H17F15O. The lowest BCUT2D eigenvalue weighted by atomic mass is 9.83. The molecule has 1 atom stereocenters. The van der Waals surface area contributed by atoms with Gasteiger partial charge in [0.2, 0.25) is 0 Å². The molecule has 1 N–H and O–H groups in total. The summed E-state index contributed by atoms with van der Waals surface area (Å²) in [7, 11) is 0. The summed E-state index contributed by atoms with van der Waals surface area (Å²) in [5.41, 5.74) is -3.35. The van der Waals surface area contributed by atoms with E-state index in [0.29, 0.717) is 12.5 Å². The van der Waals surface area contributed by atoms with Crippen LogP contribution in [0, 0.1) is 0 Å². The van der Waals surface area contributed by atoms with Crippen LogP contribution in [-0.2, 0) is 5.60 Å². The average Bonchev–Trinajstić information content (AvgIpc) is 2.65. The quantitative estimate of drug-likeness (QED) is 0.314. The second-order valence-electron chi connectivity index (χ2n) is 8.30. The maximum Gasteiger partial charge on any atom is 0.460 e. The van der Waals surface area contributed by atoms with Crippen molar-refractivity contribution in [1.82, 2.24) is 0 Å². The van der Waals surface area contributed by atoms with Gasteiger partial charge in [0, 0.05) is 0 Å². The summed E-state index contributed by atoms with van der Waals surface area (Å²) in [4.78, 5) is 0. The number of hydrogen-bond donors (Lipinski definition) is 1. The van der Waals surface area contributed by atoms with E-state index in [9.17, 15) is 71.0 Å². The maximum absolute atomic E-state index is 14.2. The number of alkyl halides is 15. The first-order chi connectivity index (χ1) is 15.1. The van der Waals surface area contributed by atoms with Gasteiger partial charge in [-0.15, -0.1) is 0 Å². The van der Waals surface area contributed by atoms with E-state index in [2.05, 4.69) is 0 Å². The normalized spacial score (nSPS) is 17.0. The zero-order chi connectivity index (χ0) is 28.3. The van der Waals surface area contributed by atoms with Crippen LogP contribution in [-0.4, -0.2) is 46.8 Å². The second kappa shape index (κ2) is 8.61. The van der Waals surface area contributed by atoms with Crippen LogP contribution in [0.25, 0.3) is 0 Å². The second-order valence-corrected chi connectivity index (χ2v) is 8.30. The molecule has 0 bridgehead atoms. The minimum Gasteiger partial charge on any atom is -0.385 e. The number of aliphatic hydroxyl groups is 1. The van der Waals surface area contributed by atoms with Crippen molar-refractivity contribution in [1.29, 1.82) is 0 Å². The van der Waals surface area contributed by atoms with E-state index < -0.39 is 59.3 Å². The molecule has 204 valence electrons. The molecule has 0 radical (unpaired) electrons. The van der Waals surface area contributed by atoms with Gasteiger partial charge >= 0.3 is 41.7 Å². The lowest BCUT2D eigenvalue weighted by molar-refractivity contribution is -0.453. The predicted molar refractivity (Wildman–Crippen MR) is 90.5 cm³/mol. The first-order valence-electron chi connectivity index (χ1n) is 9.28. The van der Waals surface area contributed by atoms with Crippen LogP contribution in [0.2, 0.25) is 0 Å². The summed E-state index contributed by atoms with van der Waals surface area (Å²) in [6.07, 6.45) is -10.5. The van der Waals surface area contributed by atoms with Crippen LogP contribution in [0.15, 0.2) is 24.3 Å². The molecule has 0 heterocycles. The third-order valence-electron chi connectivity index (χ3n) is 5.16. The zero-order valence-corrected chi connectivity index (χ0v) is 17.7. The van der Waals surface area contributed by atoms with Crippen LogP contribution in [0.5, 0.6) is 0 Å². The average molecular weight is 546 g/mol. The Labute approximate surface area is 187 Å². The van der Waals surface area contributed by atoms with Crippen molar-refractivity contribution in [3.8, 4) is 0 Å². The lowest BCUT2D eigenvalue weighted by Crippen LogP contribution is -2.72. The smallest absolute Gasteiger partial charge is 0.385 e. The molecule has 0 aliphatic carbocycles. The maximum atomic E-state index is 14.2. The molecule has 0 saturated carbocycles. The molecule has 1 nitrogen and oxygen atoms in total. The van der Waals surface area contributed by atoms with Crippen LogP contribution in [0.4, 0.5) is 65.9 Å². The summed E-state index contributed by atoms with van der Waals surface area (Å²) in [5, 5.41) is 10.1. The molecule has 35 heavy (non-hydrogen) atoms. The van der Waals surface area contributed by atoms with Crippen LogP contribution in [0.3, 0.4) is 0 Å². The highest BCUT2D eigenvalue weighted by Crippen LogP contribution is 2.63. The number of benzene rings is 1. The molecule has 0 saturated heterocycles. The van der Waals surface area contributed by atoms with E-state index in [-0.39, 0.29) is 5.92 Å². The molecule has 1 unspecified atom stereocenters. The monoisotopic (exact) mass is 546 g/mol. The molecule has 0 amide bonds. The van der Waals surface area contributed by atoms with E-state index >= 15 is 0 Å². The van der Waals surface area contributed by atoms with Crippen molar-refractivity contribution >= 4 is 0 Å². The predicted octanol–water partition coefficient (Wildman–Crippen LogP) is 7.78. The first-order valence-corrected chi connectivity index (χ1v) is 9.28. The molecule has 1 rings (SSSR count). The van der Waals surface area contributed by atoms with Crippen molar-refractivity contribution in [3.63, 3.8) is 0 Å². The number of rotatable bonds is 9. The van der Waals surface area contributed by atoms with Gasteiger partial charge in [-0.05, 0) is 24.0 Å². The van der Waals surface area contributed by atoms with Crippen molar-refractivity contribution in [2.24, 2.45) is 0 Å². The molecule has 1 aromatic carbocycles. The number of hydrogen-bond acceptors (Lipinski definition) is 1. The van der Waals surface area contributed by atoms with Gasteiger partial charge in [0.05, 0.1) is 12.0 Å². The SMILES string of the molecule is CC(C)c1ccc(C(C)(O)CC(F)(F)C(F)(F)C(F)(F)C(F)(F)C(F)(F)C(F)(F)C(F)(F)F)cc1. The van der Waals surface area contributed by atoms with E-state index in [4.69, 9.17) is 0 Å². The highest BCUT2D eigenvalue weighted by atomic mass is 19.4. The summed E-state index contributed by atoms with van der Waals surface area (Å²) in [5.74, 6) is -47.2. The summed E-state index contributed by atoms with van der Waals surface area (Å²) in [6.45, 7) is 3.65. The topological polar surface area (TPSA) is 20.2 Å². The zero-order valence-electron chi connectivity index (χ0n) is 17.7. The molecule has 0 aliphatic rings. The highest BCUT2D eigenvalue weighted by Gasteiger charge is 2.93. The molecule has 0 aromatic heterocycles. The summed E-state index contributed by atoms with van der Waals surface area (Å²) < 4.78 is 199. The number of halogens is 15. The van der Waals surface area contributed by atoms with Crippen molar-refractivity contribution in [2.75, 3.05) is 0 Å². The van der Waals surface area contributed by atoms with Gasteiger partial charge in [-0.2, -0.15) is 65.9 Å². The molecule has 1 aromatic rings. The van der Waals surface area contributed by atoms with E-state index in [1.807, 2.05) is 0 Å². The van der Waals surface area contributed by atoms with Gasteiger partial charge in [0.15, 0.2) is 0 Å². The van der Waals surface area contributed by atoms with Crippen LogP contribution in [0.1, 0.15) is 44.2 Å². The van der Waals surface area contributed by atoms with Crippen molar-refractivity contribution in [3.05, 3.63) is 35.4 Å². The lowest BCUT2D eigenvalue weighted by Gasteiger charge is -2.42. The Balaban J connectivity index is 3.50. The molecule has 0 fully saturated rings. The molecular weight excluding hydrogens is 529 g/mol. The van der Waals surface area contributed by atoms with Crippen LogP contribution < -0.4 is 0 Å². The standard InChI is InChI=1S/C19H17F15O/c1-9(2)10-4-6-11(7-5-10)12(3,35)8-13(20,21)14(22,23)15(24,25)16(26,27)17(28,29)18(30,31)19(32,33)34/h4-7,9,35H,8H2,1-3H3. The summed E-state index contributed by atoms with van der Waals surface area (Å²) in [6, 6.07) is 4.11. The highest BCUT2D eigenvalue weighted by molar-refractivity contribution is 5.29. The van der Waals surface area contributed by atoms with Gasteiger partial charge in [-0.3, -0.25) is 0 Å². The van der Waals surface area contributed by atoms with E-state index in [1.54, 1.807) is 13.8 Å². The third-order valence-corrected chi connectivity index (χ3v) is 5.16. The van der Waals surface area contributed by atoms with Gasteiger partial charge < -0.3 is 5.11 Å². The van der Waals surface area contributed by atoms with E-state index in [0.717, 1.165) is 12.1 Å². The fraction of sp³-hybridized carbons (Fsp3) is 0.684. The Morgan fingerprint density at radius 2 is 0.943 bits per heavy atom. The van der Waals surface area contributed by atoms with Gasteiger partial charge in [-0.25, -0.2) is 0 Å². The van der Waals surface area contributed by atoms with Crippen molar-refractivity contribution in [2.45, 2.75) is 80.4 Å². The first kappa shape index (κ1) is 31.2. The Morgan fingerprint density at radius 1 is 0.600 bits per heavy atom. The minimum atomic E-state index is -8.35. The largest absolute Gasteiger partial charge is 0.460 e. The Morgan fingerprint density at radius 3 is 1.29 bits per heavy atom. The Bertz CT molecular complexity index is 883. The van der Waals surface area contributed by atoms with Gasteiger partial charge in [-0.1, -0.05) is 38.1 Å². The fourth-order valence-electron chi connectivity index (χ4n) is 2.87. The van der Waals surface area contributed by atoms with Crippen LogP contribution >= 0.6 is 0 Å². The summed E-state index contributed by atoms with van der Waals surface area (Å²) >= 11 is 0. The minimum absolute atomic E-state index is 0.169. The fourth-order valence-corrected chi connectivity index (χ4v) is 2.87. The van der Waals surface area contributed by atoms with Crippen molar-refractivity contribution < 1.29 is 71.0 Å². The molecule has 0 spiro atoms.